The van der Waals surface area contributed by atoms with Crippen LogP contribution in [0.1, 0.15) is 19.4 Å². The highest BCUT2D eigenvalue weighted by atomic mass is 16.1. The first kappa shape index (κ1) is 15.0. The minimum absolute atomic E-state index is 0.0551. The highest BCUT2D eigenvalue weighted by molar-refractivity contribution is 5.81. The van der Waals surface area contributed by atoms with Crippen molar-refractivity contribution in [3.8, 4) is 6.07 Å². The Morgan fingerprint density at radius 1 is 1.32 bits per heavy atom. The molecule has 1 N–H and O–H groups in total. The monoisotopic (exact) mass is 259 g/mol. The number of rotatable bonds is 5. The Kier molecular flexibility index (Phi) is 5.37. The number of anilines is 1. The molecule has 1 atom stereocenters. The van der Waals surface area contributed by atoms with Crippen LogP contribution in [0, 0.1) is 17.2 Å². The van der Waals surface area contributed by atoms with Crippen LogP contribution < -0.4 is 10.2 Å². The van der Waals surface area contributed by atoms with Crippen molar-refractivity contribution < 1.29 is 4.79 Å². The second kappa shape index (κ2) is 6.79. The lowest BCUT2D eigenvalue weighted by Crippen LogP contribution is -2.35. The van der Waals surface area contributed by atoms with Gasteiger partial charge in [-0.2, -0.15) is 5.26 Å². The summed E-state index contributed by atoms with van der Waals surface area (Å²) in [6.45, 7) is 3.77. The van der Waals surface area contributed by atoms with Crippen molar-refractivity contribution in [2.75, 3.05) is 19.0 Å². The zero-order chi connectivity index (χ0) is 14.4. The molecular formula is C15H21N3O. The summed E-state index contributed by atoms with van der Waals surface area (Å²) in [4.78, 5) is 13.8. The summed E-state index contributed by atoms with van der Waals surface area (Å²) < 4.78 is 0. The summed E-state index contributed by atoms with van der Waals surface area (Å²) in [6.07, 6.45) is 0.447. The van der Waals surface area contributed by atoms with Gasteiger partial charge in [-0.05, 0) is 38.0 Å². The van der Waals surface area contributed by atoms with Crippen LogP contribution in [0.15, 0.2) is 24.3 Å². The minimum atomic E-state index is -0.632. The molecule has 1 rings (SSSR count). The fraction of sp³-hybridized carbons (Fsp3) is 0.467. The summed E-state index contributed by atoms with van der Waals surface area (Å²) in [7, 11) is 3.95. The lowest BCUT2D eigenvalue weighted by atomic mass is 9.99. The molecule has 4 nitrogen and oxygen atoms in total. The van der Waals surface area contributed by atoms with E-state index in [1.807, 2.05) is 57.1 Å². The molecule has 1 unspecified atom stereocenters. The maximum Gasteiger partial charge on any atom is 0.237 e. The van der Waals surface area contributed by atoms with Gasteiger partial charge >= 0.3 is 0 Å². The van der Waals surface area contributed by atoms with E-state index in [0.29, 0.717) is 6.42 Å². The maximum atomic E-state index is 11.8. The molecule has 1 aromatic carbocycles. The van der Waals surface area contributed by atoms with E-state index in [4.69, 9.17) is 5.26 Å². The first-order valence-electron chi connectivity index (χ1n) is 6.40. The van der Waals surface area contributed by atoms with Crippen molar-refractivity contribution in [2.45, 2.75) is 26.3 Å². The third kappa shape index (κ3) is 4.63. The molecule has 1 aromatic rings. The Morgan fingerprint density at radius 3 is 2.32 bits per heavy atom. The molecule has 0 aliphatic rings. The molecule has 0 saturated heterocycles. The quantitative estimate of drug-likeness (QED) is 0.879. The number of hydrogen-bond acceptors (Lipinski definition) is 3. The lowest BCUT2D eigenvalue weighted by Gasteiger charge is -2.15. The van der Waals surface area contributed by atoms with Gasteiger partial charge in [-0.3, -0.25) is 4.79 Å². The summed E-state index contributed by atoms with van der Waals surface area (Å²) >= 11 is 0. The third-order valence-electron chi connectivity index (χ3n) is 2.80. The van der Waals surface area contributed by atoms with Gasteiger partial charge in [0.05, 0.1) is 6.07 Å². The van der Waals surface area contributed by atoms with Crippen LogP contribution in [0.3, 0.4) is 0 Å². The molecule has 0 bridgehead atoms. The first-order chi connectivity index (χ1) is 8.93. The average Bonchev–Trinajstić information content (AvgIpc) is 2.35. The van der Waals surface area contributed by atoms with Gasteiger partial charge in [-0.15, -0.1) is 0 Å². The average molecular weight is 259 g/mol. The Morgan fingerprint density at radius 2 is 1.89 bits per heavy atom. The first-order valence-corrected chi connectivity index (χ1v) is 6.40. The van der Waals surface area contributed by atoms with Crippen molar-refractivity contribution in [3.05, 3.63) is 29.8 Å². The summed E-state index contributed by atoms with van der Waals surface area (Å²) in [5, 5.41) is 11.9. The normalized spacial score (nSPS) is 11.8. The Labute approximate surface area is 115 Å². The molecule has 19 heavy (non-hydrogen) atoms. The third-order valence-corrected chi connectivity index (χ3v) is 2.80. The molecule has 0 radical (unpaired) electrons. The van der Waals surface area contributed by atoms with Crippen molar-refractivity contribution in [3.63, 3.8) is 0 Å². The Hall–Kier alpha value is -2.02. The number of nitrogens with zero attached hydrogens (tertiary/aromatic N) is 2. The highest BCUT2D eigenvalue weighted by Crippen LogP contribution is 2.15. The van der Waals surface area contributed by atoms with Crippen molar-refractivity contribution in [1.29, 1.82) is 5.26 Å². The number of carbonyl (C=O) groups is 1. The molecule has 4 heteroatoms. The van der Waals surface area contributed by atoms with Crippen LogP contribution in [-0.2, 0) is 11.2 Å². The van der Waals surface area contributed by atoms with Crippen molar-refractivity contribution in [2.24, 2.45) is 5.92 Å². The molecular weight excluding hydrogens is 238 g/mol. The zero-order valence-corrected chi connectivity index (χ0v) is 12.0. The van der Waals surface area contributed by atoms with E-state index in [2.05, 4.69) is 11.4 Å². The Bertz CT molecular complexity index is 457. The SMILES string of the molecule is CC(C)NC(=O)C(C#N)Cc1ccc(N(C)C)cc1. The summed E-state index contributed by atoms with van der Waals surface area (Å²) in [6, 6.07) is 10.0. The van der Waals surface area contributed by atoms with Gasteiger partial charge in [-0.1, -0.05) is 12.1 Å². The van der Waals surface area contributed by atoms with Crippen LogP contribution in [-0.4, -0.2) is 26.0 Å². The van der Waals surface area contributed by atoms with E-state index in [0.717, 1.165) is 11.3 Å². The molecule has 0 aliphatic carbocycles. The van der Waals surface area contributed by atoms with Crippen LogP contribution in [0.2, 0.25) is 0 Å². The van der Waals surface area contributed by atoms with E-state index in [-0.39, 0.29) is 11.9 Å². The van der Waals surface area contributed by atoms with Crippen molar-refractivity contribution in [1.82, 2.24) is 5.32 Å². The Balaban J connectivity index is 2.71. The van der Waals surface area contributed by atoms with Crippen LogP contribution in [0.5, 0.6) is 0 Å². The zero-order valence-electron chi connectivity index (χ0n) is 12.0. The maximum absolute atomic E-state index is 11.8. The largest absolute Gasteiger partial charge is 0.378 e. The number of amides is 1. The van der Waals surface area contributed by atoms with Gasteiger partial charge < -0.3 is 10.2 Å². The predicted molar refractivity (Wildman–Crippen MR) is 76.9 cm³/mol. The number of nitriles is 1. The second-order valence-corrected chi connectivity index (χ2v) is 5.11. The van der Waals surface area contributed by atoms with Gasteiger partial charge in [0.2, 0.25) is 5.91 Å². The topological polar surface area (TPSA) is 56.1 Å². The van der Waals surface area contributed by atoms with Gasteiger partial charge in [0.1, 0.15) is 5.92 Å². The second-order valence-electron chi connectivity index (χ2n) is 5.11. The number of benzene rings is 1. The number of nitrogens with one attached hydrogen (secondary N) is 1. The molecule has 0 heterocycles. The molecule has 0 aromatic heterocycles. The standard InChI is InChI=1S/C15H21N3O/c1-11(2)17-15(19)13(10-16)9-12-5-7-14(8-6-12)18(3)4/h5-8,11,13H,9H2,1-4H3,(H,17,19). The van der Waals surface area contributed by atoms with Crippen LogP contribution >= 0.6 is 0 Å². The van der Waals surface area contributed by atoms with E-state index in [9.17, 15) is 4.79 Å². The van der Waals surface area contributed by atoms with Gasteiger partial charge in [-0.25, -0.2) is 0 Å². The fourth-order valence-electron chi connectivity index (χ4n) is 1.75. The molecule has 0 spiro atoms. The van der Waals surface area contributed by atoms with E-state index in [1.165, 1.54) is 0 Å². The number of carbonyl (C=O) groups excluding carboxylic acids is 1. The molecule has 0 saturated carbocycles. The van der Waals surface area contributed by atoms with E-state index < -0.39 is 5.92 Å². The van der Waals surface area contributed by atoms with E-state index in [1.54, 1.807) is 0 Å². The summed E-state index contributed by atoms with van der Waals surface area (Å²) in [5.74, 6) is -0.832. The predicted octanol–water partition coefficient (Wildman–Crippen LogP) is 1.96. The lowest BCUT2D eigenvalue weighted by molar-refractivity contribution is -0.123. The van der Waals surface area contributed by atoms with Crippen LogP contribution in [0.25, 0.3) is 0 Å². The van der Waals surface area contributed by atoms with Crippen LogP contribution in [0.4, 0.5) is 5.69 Å². The fourth-order valence-corrected chi connectivity index (χ4v) is 1.75. The molecule has 0 fully saturated rings. The molecule has 1 amide bonds. The van der Waals surface area contributed by atoms with Gasteiger partial charge in [0.15, 0.2) is 0 Å². The van der Waals surface area contributed by atoms with Crippen molar-refractivity contribution >= 4 is 11.6 Å². The van der Waals surface area contributed by atoms with E-state index >= 15 is 0 Å². The minimum Gasteiger partial charge on any atom is -0.378 e. The highest BCUT2D eigenvalue weighted by Gasteiger charge is 2.18. The van der Waals surface area contributed by atoms with Gasteiger partial charge in [0, 0.05) is 25.8 Å². The molecule has 0 aliphatic heterocycles. The summed E-state index contributed by atoms with van der Waals surface area (Å²) in [5.41, 5.74) is 2.10. The smallest absolute Gasteiger partial charge is 0.237 e. The molecule has 102 valence electrons. The number of hydrogen-bond donors (Lipinski definition) is 1. The van der Waals surface area contributed by atoms with Gasteiger partial charge in [0.25, 0.3) is 0 Å².